The van der Waals surface area contributed by atoms with E-state index in [1.54, 1.807) is 18.5 Å². The average molecular weight is 1090 g/mol. The lowest BCUT2D eigenvalue weighted by atomic mass is 10.1. The molecule has 4 saturated heterocycles. The zero-order valence-corrected chi connectivity index (χ0v) is 42.6. The van der Waals surface area contributed by atoms with Gasteiger partial charge in [-0.2, -0.15) is 26.3 Å². The number of hydrogen-bond donors (Lipinski definition) is 3. The Morgan fingerprint density at radius 1 is 0.705 bits per heavy atom. The number of carbonyl (C=O) groups is 1. The van der Waals surface area contributed by atoms with Gasteiger partial charge in [-0.1, -0.05) is 24.3 Å². The summed E-state index contributed by atoms with van der Waals surface area (Å²) in [6.45, 7) is 12.1. The Bertz CT molecular complexity index is 3100. The van der Waals surface area contributed by atoms with Crippen LogP contribution in [0.15, 0.2) is 85.7 Å². The highest BCUT2D eigenvalue weighted by Gasteiger charge is 2.42. The molecule has 6 aliphatic heterocycles. The third-order valence-electron chi connectivity index (χ3n) is 13.1. The van der Waals surface area contributed by atoms with Crippen LogP contribution in [0.3, 0.4) is 0 Å². The molecule has 4 atom stereocenters. The van der Waals surface area contributed by atoms with Gasteiger partial charge in [-0.3, -0.25) is 10.2 Å². The molecule has 0 spiro atoms. The number of amides is 2. The Kier molecular flexibility index (Phi) is 14.8. The summed E-state index contributed by atoms with van der Waals surface area (Å²) in [5.74, 6) is 1.51. The topological polar surface area (TPSA) is 235 Å². The van der Waals surface area contributed by atoms with Crippen LogP contribution in [0, 0.1) is 0 Å². The van der Waals surface area contributed by atoms with Crippen molar-refractivity contribution in [2.45, 2.75) is 88.8 Å². The number of halogens is 6. The molecule has 27 heteroatoms. The average Bonchev–Trinajstić information content (AvgIpc) is 4.37. The number of alkyl halides is 6. The second-order valence-electron chi connectivity index (χ2n) is 19.8. The number of nitrogens with one attached hydrogen (secondary N) is 2. The Balaban J connectivity index is 0.000000151. The van der Waals surface area contributed by atoms with Gasteiger partial charge in [0.1, 0.15) is 31.2 Å². The molecule has 412 valence electrons. The second-order valence-corrected chi connectivity index (χ2v) is 19.8. The molecule has 4 aromatic heterocycles. The van der Waals surface area contributed by atoms with Gasteiger partial charge in [-0.05, 0) is 64.8 Å². The number of nitrogens with zero attached hydrogens (tertiary/aromatic N) is 11. The molecule has 12 rings (SSSR count). The summed E-state index contributed by atoms with van der Waals surface area (Å²) in [6, 6.07) is 9.59. The number of ether oxygens (including phenoxy) is 6. The lowest BCUT2D eigenvalue weighted by Crippen LogP contribution is -2.48. The molecule has 0 aliphatic carbocycles. The van der Waals surface area contributed by atoms with E-state index in [2.05, 4.69) is 60.3 Å². The van der Waals surface area contributed by atoms with Crippen LogP contribution >= 0.6 is 0 Å². The van der Waals surface area contributed by atoms with Gasteiger partial charge in [0, 0.05) is 43.3 Å². The lowest BCUT2D eigenvalue weighted by molar-refractivity contribution is -0.142. The first-order valence-electron chi connectivity index (χ1n) is 24.9. The van der Waals surface area contributed by atoms with Gasteiger partial charge in [-0.15, -0.1) is 0 Å². The predicted molar refractivity (Wildman–Crippen MR) is 271 cm³/mol. The van der Waals surface area contributed by atoms with E-state index in [-0.39, 0.29) is 47.9 Å². The normalized spacial score (nSPS) is 21.3. The maximum absolute atomic E-state index is 13.5. The molecule has 10 heterocycles. The highest BCUT2D eigenvalue weighted by molar-refractivity contribution is 6.04. The smallest absolute Gasteiger partial charge is 0.416 e. The molecular formula is C51H54F6N14O7. The largest absolute Gasteiger partial charge is 0.474 e. The van der Waals surface area contributed by atoms with Crippen LogP contribution in [0.2, 0.25) is 0 Å². The quantitative estimate of drug-likeness (QED) is 0.117. The fourth-order valence-electron chi connectivity index (χ4n) is 9.40. The van der Waals surface area contributed by atoms with Crippen molar-refractivity contribution < 1.29 is 59.6 Å². The number of rotatable bonds is 9. The van der Waals surface area contributed by atoms with E-state index in [0.717, 1.165) is 49.5 Å². The van der Waals surface area contributed by atoms with Gasteiger partial charge >= 0.3 is 18.4 Å². The molecular weight excluding hydrogens is 1030 g/mol. The summed E-state index contributed by atoms with van der Waals surface area (Å²) in [6.07, 6.45) is 1.50. The summed E-state index contributed by atoms with van der Waals surface area (Å²) in [5, 5.41) is 6.07. The van der Waals surface area contributed by atoms with Crippen molar-refractivity contribution in [1.82, 2.24) is 39.9 Å². The van der Waals surface area contributed by atoms with E-state index in [4.69, 9.17) is 34.2 Å². The van der Waals surface area contributed by atoms with Gasteiger partial charge in [-0.25, -0.2) is 44.7 Å². The van der Waals surface area contributed by atoms with Crippen LogP contribution in [-0.4, -0.2) is 134 Å². The van der Waals surface area contributed by atoms with Crippen LogP contribution in [0.25, 0.3) is 22.8 Å². The molecule has 4 N–H and O–H groups in total. The zero-order valence-electron chi connectivity index (χ0n) is 42.6. The number of carbonyl (C=O) groups excluding carboxylic acids is 1. The first kappa shape index (κ1) is 53.6. The van der Waals surface area contributed by atoms with Crippen molar-refractivity contribution in [1.29, 1.82) is 0 Å². The minimum atomic E-state index is -4.50. The van der Waals surface area contributed by atoms with E-state index < -0.39 is 41.1 Å². The number of aromatic nitrogens is 8. The van der Waals surface area contributed by atoms with Crippen molar-refractivity contribution in [3.63, 3.8) is 0 Å². The summed E-state index contributed by atoms with van der Waals surface area (Å²) in [5.41, 5.74) is 6.04. The van der Waals surface area contributed by atoms with Crippen molar-refractivity contribution in [2.75, 3.05) is 83.7 Å². The molecule has 4 bridgehead atoms. The van der Waals surface area contributed by atoms with Gasteiger partial charge in [0.15, 0.2) is 40.7 Å². The third kappa shape index (κ3) is 12.6. The summed E-state index contributed by atoms with van der Waals surface area (Å²) < 4.78 is 111. The minimum Gasteiger partial charge on any atom is -0.474 e. The van der Waals surface area contributed by atoms with E-state index >= 15 is 0 Å². The highest BCUT2D eigenvalue weighted by atomic mass is 19.4. The Hall–Kier alpha value is -7.75. The Labute approximate surface area is 442 Å². The fourth-order valence-corrected chi connectivity index (χ4v) is 9.40. The minimum absolute atomic E-state index is 0.0747. The lowest BCUT2D eigenvalue weighted by Gasteiger charge is -2.35. The zero-order chi connectivity index (χ0) is 55.0. The standard InChI is InChI=1S/C26H26F3N7O4.C15H13F3N4.C10H15N3O3/c1-25(2)39-14-18(40-25)13-38-21-11-30-20(10-31-21)33-24(37)36-17-6-7-35(12-17)19-9-32-22(34-23(19)36)15-4-3-5-16(8-15)26(27,28)29;16-15(17,18)10-3-1-2-9(6-10)13-19-7-12-14(21-13)20-11-4-5-22(12)8-11;1-10(2)15-6-7(16-10)5-14-9-4-12-8(11)3-13-9/h3-5,8-11,17-18H,6-7,12-14H2,1-2H3,(H,30,33,37);1-3,6-7,11H,4-5,8H2,(H,19,20,21);3-4,7H,5-6H2,1-2H3,(H2,11,12)/t17-,18+;11-;7-/m001/s1. The van der Waals surface area contributed by atoms with Gasteiger partial charge in [0.2, 0.25) is 11.8 Å². The third-order valence-corrected chi connectivity index (χ3v) is 13.1. The Morgan fingerprint density at radius 2 is 1.27 bits per heavy atom. The van der Waals surface area contributed by atoms with E-state index in [0.29, 0.717) is 85.8 Å². The van der Waals surface area contributed by atoms with Crippen molar-refractivity contribution >= 4 is 40.7 Å². The number of anilines is 6. The van der Waals surface area contributed by atoms with Gasteiger partial charge in [0.25, 0.3) is 0 Å². The first-order valence-corrected chi connectivity index (χ1v) is 24.9. The van der Waals surface area contributed by atoms with Crippen LogP contribution in [0.4, 0.5) is 65.8 Å². The number of nitrogen functional groups attached to an aromatic ring is 1. The molecule has 0 saturated carbocycles. The van der Waals surface area contributed by atoms with E-state index in [9.17, 15) is 31.1 Å². The molecule has 6 aliphatic rings. The van der Waals surface area contributed by atoms with Crippen molar-refractivity contribution in [3.05, 3.63) is 96.8 Å². The van der Waals surface area contributed by atoms with Crippen LogP contribution in [0.5, 0.6) is 11.8 Å². The number of benzene rings is 2. The summed E-state index contributed by atoms with van der Waals surface area (Å²) >= 11 is 0. The monoisotopic (exact) mass is 1090 g/mol. The molecule has 2 amide bonds. The van der Waals surface area contributed by atoms with Gasteiger partial charge in [0.05, 0.1) is 78.9 Å². The molecule has 4 fully saturated rings. The van der Waals surface area contributed by atoms with Crippen LogP contribution in [-0.2, 0) is 31.3 Å². The van der Waals surface area contributed by atoms with E-state index in [1.165, 1.54) is 47.9 Å². The molecule has 0 unspecified atom stereocenters. The van der Waals surface area contributed by atoms with Gasteiger partial charge < -0.3 is 49.3 Å². The second kappa shape index (κ2) is 21.6. The van der Waals surface area contributed by atoms with Crippen molar-refractivity contribution in [3.8, 4) is 34.5 Å². The maximum atomic E-state index is 13.5. The first-order chi connectivity index (χ1) is 37.1. The molecule has 0 radical (unpaired) electrons. The van der Waals surface area contributed by atoms with Crippen LogP contribution < -0.4 is 40.5 Å². The predicted octanol–water partition coefficient (Wildman–Crippen LogP) is 7.87. The summed E-state index contributed by atoms with van der Waals surface area (Å²) in [4.78, 5) is 53.0. The number of fused-ring (bicyclic) bond motifs is 8. The van der Waals surface area contributed by atoms with Crippen LogP contribution in [0.1, 0.15) is 51.7 Å². The highest BCUT2D eigenvalue weighted by Crippen LogP contribution is 2.41. The van der Waals surface area contributed by atoms with Crippen molar-refractivity contribution in [2.24, 2.45) is 0 Å². The fraction of sp³-hybridized carbons (Fsp3) is 0.431. The number of hydrogen-bond acceptors (Lipinski definition) is 19. The molecule has 6 aromatic rings. The molecule has 2 aromatic carbocycles. The number of nitrogens with two attached hydrogens (primary N) is 1. The maximum Gasteiger partial charge on any atom is 0.416 e. The SMILES string of the molecule is CC1(C)OC[C@@H](COc2cnc(N)cn2)O1.CC1(C)OC[C@@H](COc2cnc(NC(=O)N3c4nc(-c5cccc(C(F)(F)F)c5)ncc4N4CC[C@H]3C4)cn2)O1.FC(F)(F)c1cccc(-c2ncc3c(n2)N[C@H]2CCN3C2)c1. The molecule has 78 heavy (non-hydrogen) atoms. The Morgan fingerprint density at radius 3 is 1.82 bits per heavy atom. The van der Waals surface area contributed by atoms with E-state index in [1.807, 2.05) is 27.7 Å². The summed E-state index contributed by atoms with van der Waals surface area (Å²) in [7, 11) is 0. The molecule has 21 nitrogen and oxygen atoms in total. The number of urea groups is 1.